The van der Waals surface area contributed by atoms with Gasteiger partial charge >= 0.3 is 11.9 Å². The summed E-state index contributed by atoms with van der Waals surface area (Å²) in [6, 6.07) is 12.7. The molecule has 0 heterocycles. The maximum Gasteiger partial charge on any atom is 0.324 e. The summed E-state index contributed by atoms with van der Waals surface area (Å²) < 4.78 is 9.84. The van der Waals surface area contributed by atoms with Gasteiger partial charge in [-0.3, -0.25) is 24.5 Å². The van der Waals surface area contributed by atoms with E-state index in [9.17, 15) is 24.5 Å². The van der Waals surface area contributed by atoms with E-state index in [1.165, 1.54) is 25.1 Å². The number of allylic oxidation sites excluding steroid dienone is 1. The highest BCUT2D eigenvalue weighted by Crippen LogP contribution is 2.72. The van der Waals surface area contributed by atoms with Gasteiger partial charge < -0.3 is 9.47 Å². The maximum atomic E-state index is 13.5. The van der Waals surface area contributed by atoms with E-state index < -0.39 is 39.4 Å². The SMILES string of the molecule is COC(=O)C1(C(=O)OC)[C@@H](/C=C/c2cccc([N+](=O)[O-])c2)[C@@]1(C)C(=O)c1ccc(C)cc1. The van der Waals surface area contributed by atoms with Gasteiger partial charge in [0.15, 0.2) is 11.2 Å². The topological polar surface area (TPSA) is 113 Å². The fourth-order valence-corrected chi connectivity index (χ4v) is 4.35. The van der Waals surface area contributed by atoms with Crippen molar-refractivity contribution in [1.82, 2.24) is 0 Å². The Morgan fingerprint density at radius 2 is 1.62 bits per heavy atom. The van der Waals surface area contributed by atoms with E-state index in [1.807, 2.05) is 6.92 Å². The van der Waals surface area contributed by atoms with Gasteiger partial charge in [-0.1, -0.05) is 54.1 Å². The zero-order chi connectivity index (χ0) is 23.7. The number of esters is 2. The summed E-state index contributed by atoms with van der Waals surface area (Å²) in [6.45, 7) is 3.41. The lowest BCUT2D eigenvalue weighted by molar-refractivity contribution is -0.384. The predicted octanol–water partition coefficient (Wildman–Crippen LogP) is 3.77. The predicted molar refractivity (Wildman–Crippen MR) is 116 cm³/mol. The molecule has 3 rings (SSSR count). The third kappa shape index (κ3) is 3.37. The van der Waals surface area contributed by atoms with E-state index >= 15 is 0 Å². The fourth-order valence-electron chi connectivity index (χ4n) is 4.35. The van der Waals surface area contributed by atoms with Crippen molar-refractivity contribution in [2.75, 3.05) is 14.2 Å². The Bertz CT molecular complexity index is 1100. The van der Waals surface area contributed by atoms with Crippen molar-refractivity contribution >= 4 is 29.5 Å². The molecule has 1 aliphatic carbocycles. The number of carbonyl (C=O) groups excluding carboxylic acids is 3. The zero-order valence-corrected chi connectivity index (χ0v) is 18.2. The quantitative estimate of drug-likeness (QED) is 0.213. The zero-order valence-electron chi connectivity index (χ0n) is 18.2. The maximum absolute atomic E-state index is 13.5. The first-order chi connectivity index (χ1) is 15.1. The van der Waals surface area contributed by atoms with Crippen LogP contribution in [-0.4, -0.2) is 36.9 Å². The number of rotatable bonds is 7. The highest BCUT2D eigenvalue weighted by molar-refractivity contribution is 6.17. The number of nitrogens with zero attached hydrogens (tertiary/aromatic N) is 1. The number of Topliss-reactive ketones (excluding diaryl/α,β-unsaturated/α-hetero) is 1. The lowest BCUT2D eigenvalue weighted by Gasteiger charge is -2.17. The van der Waals surface area contributed by atoms with Crippen molar-refractivity contribution < 1.29 is 28.8 Å². The van der Waals surface area contributed by atoms with Crippen molar-refractivity contribution in [3.63, 3.8) is 0 Å². The lowest BCUT2D eigenvalue weighted by Crippen LogP contribution is -2.36. The van der Waals surface area contributed by atoms with E-state index in [0.717, 1.165) is 19.8 Å². The number of methoxy groups -OCH3 is 2. The molecule has 2 atom stereocenters. The molecular weight excluding hydrogens is 414 g/mol. The van der Waals surface area contributed by atoms with Crippen LogP contribution >= 0.6 is 0 Å². The number of ketones is 1. The summed E-state index contributed by atoms with van der Waals surface area (Å²) in [6.07, 6.45) is 3.09. The average molecular weight is 437 g/mol. The third-order valence-corrected chi connectivity index (χ3v) is 6.19. The molecule has 0 spiro atoms. The molecule has 8 nitrogen and oxygen atoms in total. The number of carbonyl (C=O) groups is 3. The first kappa shape index (κ1) is 22.9. The monoisotopic (exact) mass is 437 g/mol. The second-order valence-corrected chi connectivity index (χ2v) is 7.88. The summed E-state index contributed by atoms with van der Waals surface area (Å²) >= 11 is 0. The molecule has 2 aromatic rings. The van der Waals surface area contributed by atoms with Gasteiger partial charge in [0.2, 0.25) is 0 Å². The highest BCUT2D eigenvalue weighted by atomic mass is 16.6. The molecule has 0 aromatic heterocycles. The van der Waals surface area contributed by atoms with Crippen LogP contribution in [0.15, 0.2) is 54.6 Å². The van der Waals surface area contributed by atoms with Crippen LogP contribution in [0.2, 0.25) is 0 Å². The summed E-state index contributed by atoms with van der Waals surface area (Å²) in [5, 5.41) is 11.1. The van der Waals surface area contributed by atoms with E-state index in [0.29, 0.717) is 11.1 Å². The smallest absolute Gasteiger partial charge is 0.324 e. The second-order valence-electron chi connectivity index (χ2n) is 7.88. The summed E-state index contributed by atoms with van der Waals surface area (Å²) in [4.78, 5) is 49.8. The van der Waals surface area contributed by atoms with Crippen LogP contribution in [0.1, 0.15) is 28.4 Å². The molecule has 0 saturated heterocycles. The minimum atomic E-state index is -1.87. The van der Waals surface area contributed by atoms with Crippen LogP contribution < -0.4 is 0 Å². The van der Waals surface area contributed by atoms with Crippen molar-refractivity contribution in [2.45, 2.75) is 13.8 Å². The summed E-state index contributed by atoms with van der Waals surface area (Å²) in [5.41, 5.74) is -1.64. The van der Waals surface area contributed by atoms with Gasteiger partial charge in [-0.05, 0) is 19.4 Å². The number of non-ortho nitro benzene ring substituents is 1. The first-order valence-electron chi connectivity index (χ1n) is 9.85. The average Bonchev–Trinajstić information content (AvgIpc) is 3.36. The number of benzene rings is 2. The highest BCUT2D eigenvalue weighted by Gasteiger charge is 2.86. The van der Waals surface area contributed by atoms with Crippen LogP contribution in [0.4, 0.5) is 5.69 Å². The number of aryl methyl sites for hydroxylation is 1. The van der Waals surface area contributed by atoms with Crippen LogP contribution in [0, 0.1) is 33.8 Å². The third-order valence-electron chi connectivity index (χ3n) is 6.19. The molecule has 1 aliphatic rings. The molecule has 0 bridgehead atoms. The Kier molecular flexibility index (Phi) is 5.98. The molecule has 8 heteroatoms. The Morgan fingerprint density at radius 1 is 1.03 bits per heavy atom. The molecule has 0 N–H and O–H groups in total. The van der Waals surface area contributed by atoms with Crippen LogP contribution in [0.3, 0.4) is 0 Å². The number of ether oxygens (including phenoxy) is 2. The molecule has 1 fully saturated rings. The van der Waals surface area contributed by atoms with Gasteiger partial charge in [-0.25, -0.2) is 0 Å². The number of nitro benzene ring substituents is 1. The fraction of sp³-hybridized carbons (Fsp3) is 0.292. The molecule has 0 aliphatic heterocycles. The van der Waals surface area contributed by atoms with E-state index in [2.05, 4.69) is 0 Å². The van der Waals surface area contributed by atoms with Crippen molar-refractivity contribution in [3.8, 4) is 0 Å². The standard InChI is InChI=1S/C24H23NO7/c1-15-8-11-17(12-9-15)20(26)23(2)19(24(23,21(27)31-3)22(28)32-4)13-10-16-6-5-7-18(14-16)25(29)30/h5-14,19H,1-4H3/b13-10+/t19-,23-/m0/s1. The van der Waals surface area contributed by atoms with Crippen LogP contribution in [0.5, 0.6) is 0 Å². The number of hydrogen-bond acceptors (Lipinski definition) is 7. The number of nitro groups is 1. The minimum absolute atomic E-state index is 0.103. The Labute approximate surface area is 185 Å². The summed E-state index contributed by atoms with van der Waals surface area (Å²) in [7, 11) is 2.28. The molecule has 1 saturated carbocycles. The molecule has 0 unspecified atom stereocenters. The van der Waals surface area contributed by atoms with Gasteiger partial charge in [0.25, 0.3) is 5.69 Å². The van der Waals surface area contributed by atoms with E-state index in [-0.39, 0.29) is 5.69 Å². The normalized spacial score (nSPS) is 21.1. The van der Waals surface area contributed by atoms with Gasteiger partial charge in [-0.15, -0.1) is 0 Å². The molecule has 0 radical (unpaired) electrons. The second kappa shape index (κ2) is 8.37. The Balaban J connectivity index is 2.10. The van der Waals surface area contributed by atoms with Crippen LogP contribution in [0.25, 0.3) is 6.08 Å². The summed E-state index contributed by atoms with van der Waals surface area (Å²) in [5.74, 6) is -3.02. The molecular formula is C24H23NO7. The molecule has 0 amide bonds. The van der Waals surface area contributed by atoms with Gasteiger partial charge in [-0.2, -0.15) is 0 Å². The van der Waals surface area contributed by atoms with Crippen molar-refractivity contribution in [1.29, 1.82) is 0 Å². The van der Waals surface area contributed by atoms with Gasteiger partial charge in [0.05, 0.1) is 24.6 Å². The molecule has 32 heavy (non-hydrogen) atoms. The lowest BCUT2D eigenvalue weighted by atomic mass is 9.86. The largest absolute Gasteiger partial charge is 0.468 e. The first-order valence-corrected chi connectivity index (χ1v) is 9.85. The molecule has 2 aromatic carbocycles. The van der Waals surface area contributed by atoms with Crippen molar-refractivity contribution in [2.24, 2.45) is 16.7 Å². The Morgan fingerprint density at radius 3 is 2.16 bits per heavy atom. The van der Waals surface area contributed by atoms with E-state index in [1.54, 1.807) is 42.5 Å². The Hall–Kier alpha value is -3.81. The van der Waals surface area contributed by atoms with Gasteiger partial charge in [0, 0.05) is 23.6 Å². The minimum Gasteiger partial charge on any atom is -0.468 e. The number of hydrogen-bond donors (Lipinski definition) is 0. The van der Waals surface area contributed by atoms with Crippen LogP contribution in [-0.2, 0) is 19.1 Å². The van der Waals surface area contributed by atoms with Crippen molar-refractivity contribution in [3.05, 3.63) is 81.4 Å². The van der Waals surface area contributed by atoms with E-state index in [4.69, 9.17) is 9.47 Å². The molecule has 166 valence electrons. The van der Waals surface area contributed by atoms with Gasteiger partial charge in [0.1, 0.15) is 0 Å².